The molecule has 1 aromatic rings. The van der Waals surface area contributed by atoms with Crippen LogP contribution in [0.25, 0.3) is 6.08 Å². The molecule has 0 aliphatic heterocycles. The zero-order valence-electron chi connectivity index (χ0n) is 12.4. The lowest BCUT2D eigenvalue weighted by molar-refractivity contribution is 0.367. The van der Waals surface area contributed by atoms with Crippen molar-refractivity contribution in [3.63, 3.8) is 0 Å². The van der Waals surface area contributed by atoms with Crippen molar-refractivity contribution in [1.29, 1.82) is 0 Å². The van der Waals surface area contributed by atoms with Gasteiger partial charge in [-0.3, -0.25) is 0 Å². The van der Waals surface area contributed by atoms with Gasteiger partial charge in [-0.1, -0.05) is 68.3 Å². The largest absolute Gasteiger partial charge is 0.0683 e. The van der Waals surface area contributed by atoms with E-state index < -0.39 is 0 Å². The molecule has 2 aliphatic rings. The second-order valence-corrected chi connectivity index (χ2v) is 5.28. The lowest BCUT2D eigenvalue weighted by Gasteiger charge is -2.32. The van der Waals surface area contributed by atoms with Crippen molar-refractivity contribution in [2.75, 3.05) is 0 Å². The lowest BCUT2D eigenvalue weighted by Crippen LogP contribution is -2.16. The minimum absolute atomic E-state index is 0.880. The molecule has 19 heavy (non-hydrogen) atoms. The van der Waals surface area contributed by atoms with Crippen LogP contribution in [-0.2, 0) is 0 Å². The van der Waals surface area contributed by atoms with Crippen molar-refractivity contribution in [3.05, 3.63) is 53.1 Å². The standard InChI is InChI=1S/C17H20.C2H6/c1-2-6-14(7-3-1)12-13-17(15-8-4-9-15)16-10-5-11-16;1-2/h1-3,6-7,12-13,15H,4-5,8-11H2;1-2H3/b13-12+;. The zero-order valence-corrected chi connectivity index (χ0v) is 12.4. The molecule has 0 unspecified atom stereocenters. The summed E-state index contributed by atoms with van der Waals surface area (Å²) in [6.07, 6.45) is 13.1. The van der Waals surface area contributed by atoms with E-state index in [-0.39, 0.29) is 0 Å². The molecule has 0 heterocycles. The zero-order chi connectivity index (χ0) is 13.5. The quantitative estimate of drug-likeness (QED) is 0.620. The number of hydrogen-bond donors (Lipinski definition) is 0. The molecule has 0 heteroatoms. The van der Waals surface area contributed by atoms with Crippen molar-refractivity contribution < 1.29 is 0 Å². The highest BCUT2D eigenvalue weighted by Crippen LogP contribution is 2.40. The molecule has 3 rings (SSSR count). The highest BCUT2D eigenvalue weighted by molar-refractivity contribution is 5.54. The number of hydrogen-bond acceptors (Lipinski definition) is 0. The summed E-state index contributed by atoms with van der Waals surface area (Å²) in [6, 6.07) is 10.7. The maximum Gasteiger partial charge on any atom is -0.0162 e. The molecule has 2 saturated carbocycles. The van der Waals surface area contributed by atoms with E-state index in [2.05, 4.69) is 42.5 Å². The van der Waals surface area contributed by atoms with Gasteiger partial charge in [0, 0.05) is 0 Å². The van der Waals surface area contributed by atoms with E-state index in [1.54, 1.807) is 11.1 Å². The molecule has 0 spiro atoms. The Bertz CT molecular complexity index is 426. The van der Waals surface area contributed by atoms with Gasteiger partial charge >= 0.3 is 0 Å². The molecule has 0 bridgehead atoms. The smallest absolute Gasteiger partial charge is 0.0162 e. The van der Waals surface area contributed by atoms with Gasteiger partial charge in [-0.15, -0.1) is 0 Å². The van der Waals surface area contributed by atoms with Gasteiger partial charge in [0.25, 0.3) is 0 Å². The summed E-state index contributed by atoms with van der Waals surface area (Å²) in [5, 5.41) is 0. The van der Waals surface area contributed by atoms with Crippen LogP contribution < -0.4 is 0 Å². The monoisotopic (exact) mass is 254 g/mol. The first-order valence-electron chi connectivity index (χ1n) is 7.88. The second-order valence-electron chi connectivity index (χ2n) is 5.28. The molecule has 1 aromatic carbocycles. The summed E-state index contributed by atoms with van der Waals surface area (Å²) in [6.45, 7) is 4.00. The normalized spacial score (nSPS) is 18.3. The van der Waals surface area contributed by atoms with E-state index in [1.165, 1.54) is 44.1 Å². The maximum absolute atomic E-state index is 2.40. The fraction of sp³-hybridized carbons (Fsp3) is 0.474. The number of rotatable bonds is 3. The highest BCUT2D eigenvalue weighted by atomic mass is 14.3. The van der Waals surface area contributed by atoms with E-state index in [0.717, 1.165) is 5.92 Å². The molecule has 2 aliphatic carbocycles. The van der Waals surface area contributed by atoms with Crippen LogP contribution in [0.4, 0.5) is 0 Å². The Labute approximate surface area is 118 Å². The fourth-order valence-corrected chi connectivity index (χ4v) is 2.65. The van der Waals surface area contributed by atoms with Crippen molar-refractivity contribution in [2.45, 2.75) is 52.4 Å². The summed E-state index contributed by atoms with van der Waals surface area (Å²) in [7, 11) is 0. The molecule has 0 amide bonds. The first-order chi connectivity index (χ1) is 9.43. The Hall–Kier alpha value is -1.30. The SMILES string of the molecule is C(=C\c1ccccc1)/C(=C1CCC1)C1CCC1.CC. The molecule has 0 nitrogen and oxygen atoms in total. The Morgan fingerprint density at radius 1 is 1.00 bits per heavy atom. The second kappa shape index (κ2) is 7.33. The molecule has 0 N–H and O–H groups in total. The predicted octanol–water partition coefficient (Wildman–Crippen LogP) is 6.01. The van der Waals surface area contributed by atoms with Gasteiger partial charge in [0.15, 0.2) is 0 Å². The predicted molar refractivity (Wildman–Crippen MR) is 85.0 cm³/mol. The van der Waals surface area contributed by atoms with Gasteiger partial charge in [0.2, 0.25) is 0 Å². The van der Waals surface area contributed by atoms with Gasteiger partial charge < -0.3 is 0 Å². The molecule has 0 atom stereocenters. The average Bonchev–Trinajstić information content (AvgIpc) is 2.35. The Kier molecular flexibility index (Phi) is 5.44. The van der Waals surface area contributed by atoms with Crippen LogP contribution in [0, 0.1) is 5.92 Å². The molecular formula is C19H26. The van der Waals surface area contributed by atoms with Crippen LogP contribution in [0.15, 0.2) is 47.6 Å². The van der Waals surface area contributed by atoms with E-state index in [9.17, 15) is 0 Å². The average molecular weight is 254 g/mol. The molecule has 0 saturated heterocycles. The van der Waals surface area contributed by atoms with Crippen LogP contribution in [-0.4, -0.2) is 0 Å². The van der Waals surface area contributed by atoms with E-state index in [0.29, 0.717) is 0 Å². The number of allylic oxidation sites excluding steroid dienone is 3. The Morgan fingerprint density at radius 2 is 1.68 bits per heavy atom. The van der Waals surface area contributed by atoms with Crippen LogP contribution >= 0.6 is 0 Å². The minimum Gasteiger partial charge on any atom is -0.0683 e. The fourth-order valence-electron chi connectivity index (χ4n) is 2.65. The lowest BCUT2D eigenvalue weighted by atomic mass is 9.74. The maximum atomic E-state index is 2.40. The van der Waals surface area contributed by atoms with Gasteiger partial charge in [-0.05, 0) is 49.2 Å². The number of benzene rings is 1. The van der Waals surface area contributed by atoms with E-state index in [4.69, 9.17) is 0 Å². The van der Waals surface area contributed by atoms with Crippen LogP contribution in [0.1, 0.15) is 57.9 Å². The van der Waals surface area contributed by atoms with E-state index >= 15 is 0 Å². The minimum atomic E-state index is 0.880. The Morgan fingerprint density at radius 3 is 2.16 bits per heavy atom. The summed E-state index contributed by atoms with van der Waals surface area (Å²) >= 11 is 0. The Balaban J connectivity index is 0.000000637. The van der Waals surface area contributed by atoms with Gasteiger partial charge in [-0.2, -0.15) is 0 Å². The molecule has 2 fully saturated rings. The third-order valence-corrected chi connectivity index (χ3v) is 4.17. The van der Waals surface area contributed by atoms with Gasteiger partial charge in [-0.25, -0.2) is 0 Å². The summed E-state index contributed by atoms with van der Waals surface area (Å²) in [5.74, 6) is 0.880. The van der Waals surface area contributed by atoms with Crippen molar-refractivity contribution in [2.24, 2.45) is 5.92 Å². The molecular weight excluding hydrogens is 228 g/mol. The third-order valence-electron chi connectivity index (χ3n) is 4.17. The first-order valence-corrected chi connectivity index (χ1v) is 7.88. The third kappa shape index (κ3) is 3.59. The molecule has 102 valence electrons. The van der Waals surface area contributed by atoms with Gasteiger partial charge in [0.05, 0.1) is 0 Å². The van der Waals surface area contributed by atoms with Crippen LogP contribution in [0.5, 0.6) is 0 Å². The van der Waals surface area contributed by atoms with E-state index in [1.807, 2.05) is 13.8 Å². The summed E-state index contributed by atoms with van der Waals surface area (Å²) in [4.78, 5) is 0. The van der Waals surface area contributed by atoms with Crippen molar-refractivity contribution >= 4 is 6.08 Å². The first kappa shape index (κ1) is 14.1. The van der Waals surface area contributed by atoms with Crippen molar-refractivity contribution in [3.8, 4) is 0 Å². The van der Waals surface area contributed by atoms with Crippen LogP contribution in [0.2, 0.25) is 0 Å². The van der Waals surface area contributed by atoms with Gasteiger partial charge in [0.1, 0.15) is 0 Å². The highest BCUT2D eigenvalue weighted by Gasteiger charge is 2.24. The van der Waals surface area contributed by atoms with Crippen molar-refractivity contribution in [1.82, 2.24) is 0 Å². The summed E-state index contributed by atoms with van der Waals surface area (Å²) < 4.78 is 0. The summed E-state index contributed by atoms with van der Waals surface area (Å²) in [5.41, 5.74) is 4.73. The van der Waals surface area contributed by atoms with Crippen LogP contribution in [0.3, 0.4) is 0 Å². The molecule has 0 radical (unpaired) electrons. The topological polar surface area (TPSA) is 0 Å². The molecule has 0 aromatic heterocycles.